The van der Waals surface area contributed by atoms with E-state index in [1.807, 2.05) is 0 Å². The molecule has 0 saturated carbocycles. The molecule has 0 saturated heterocycles. The van der Waals surface area contributed by atoms with Gasteiger partial charge in [-0.1, -0.05) is 0 Å². The first kappa shape index (κ1) is 17.1. The van der Waals surface area contributed by atoms with E-state index in [4.69, 9.17) is 10.2 Å². The summed E-state index contributed by atoms with van der Waals surface area (Å²) < 4.78 is 0. The Hall–Kier alpha value is -0.120. The van der Waals surface area contributed by atoms with E-state index in [0.717, 1.165) is 0 Å². The number of rotatable bonds is 0. The minimum atomic E-state index is -0.500. The molecule has 5 N–H and O–H groups in total. The van der Waals surface area contributed by atoms with Gasteiger partial charge in [0.15, 0.2) is 0 Å². The minimum absolute atomic E-state index is 0. The Labute approximate surface area is 70.0 Å². The zero-order chi connectivity index (χ0) is 9.00. The Kier molecular flexibility index (Phi) is 8.58. The van der Waals surface area contributed by atoms with Crippen molar-refractivity contribution in [3.63, 3.8) is 0 Å². The predicted molar refractivity (Wildman–Crippen MR) is 49.0 cm³/mol. The van der Waals surface area contributed by atoms with Crippen molar-refractivity contribution in [2.75, 3.05) is 0 Å². The lowest BCUT2D eigenvalue weighted by Crippen LogP contribution is -2.10. The molecule has 0 spiro atoms. The van der Waals surface area contributed by atoms with Crippen molar-refractivity contribution in [1.82, 2.24) is 6.15 Å². The SMILES string of the molecule is CC(C)(C)O.CC(C)(C)O.N. The highest BCUT2D eigenvalue weighted by Crippen LogP contribution is 1.93. The number of hydrogen-bond acceptors (Lipinski definition) is 3. The van der Waals surface area contributed by atoms with Crippen molar-refractivity contribution >= 4 is 0 Å². The van der Waals surface area contributed by atoms with E-state index in [1.165, 1.54) is 0 Å². The molecule has 3 nitrogen and oxygen atoms in total. The third-order valence-electron chi connectivity index (χ3n) is 0. The van der Waals surface area contributed by atoms with Gasteiger partial charge in [-0.25, -0.2) is 0 Å². The zero-order valence-electron chi connectivity index (χ0n) is 8.60. The molecule has 11 heavy (non-hydrogen) atoms. The molecule has 0 aromatic heterocycles. The Bertz CT molecular complexity index is 55.1. The molecule has 0 aromatic carbocycles. The summed E-state index contributed by atoms with van der Waals surface area (Å²) in [6.45, 7) is 10.5. The van der Waals surface area contributed by atoms with Crippen LogP contribution in [0.5, 0.6) is 0 Å². The Morgan fingerprint density at radius 1 is 0.636 bits per heavy atom. The van der Waals surface area contributed by atoms with E-state index >= 15 is 0 Å². The van der Waals surface area contributed by atoms with Crippen molar-refractivity contribution in [2.45, 2.75) is 52.7 Å². The fourth-order valence-electron chi connectivity index (χ4n) is 0. The molecule has 72 valence electrons. The summed E-state index contributed by atoms with van der Waals surface area (Å²) in [7, 11) is 0. The number of hydrogen-bond donors (Lipinski definition) is 3. The van der Waals surface area contributed by atoms with E-state index in [0.29, 0.717) is 0 Å². The first-order chi connectivity index (χ1) is 4.00. The molecule has 3 heteroatoms. The molecule has 0 radical (unpaired) electrons. The largest absolute Gasteiger partial charge is 0.391 e. The first-order valence-electron chi connectivity index (χ1n) is 3.45. The van der Waals surface area contributed by atoms with Crippen LogP contribution in [0.1, 0.15) is 41.5 Å². The van der Waals surface area contributed by atoms with Crippen molar-refractivity contribution in [3.8, 4) is 0 Å². The molecule has 0 aliphatic carbocycles. The Morgan fingerprint density at radius 3 is 0.636 bits per heavy atom. The summed E-state index contributed by atoms with van der Waals surface area (Å²) in [5.74, 6) is 0. The van der Waals surface area contributed by atoms with Crippen LogP contribution in [-0.2, 0) is 0 Å². The summed E-state index contributed by atoms with van der Waals surface area (Å²) in [6, 6.07) is 0. The molecule has 0 aliphatic rings. The van der Waals surface area contributed by atoms with E-state index in [1.54, 1.807) is 41.5 Å². The van der Waals surface area contributed by atoms with Crippen LogP contribution in [0, 0.1) is 0 Å². The van der Waals surface area contributed by atoms with Gasteiger partial charge in [0.2, 0.25) is 0 Å². The van der Waals surface area contributed by atoms with Crippen LogP contribution in [0.2, 0.25) is 0 Å². The third kappa shape index (κ3) is 42600. The van der Waals surface area contributed by atoms with Gasteiger partial charge in [-0.05, 0) is 41.5 Å². The van der Waals surface area contributed by atoms with Gasteiger partial charge in [0, 0.05) is 0 Å². The van der Waals surface area contributed by atoms with Crippen LogP contribution < -0.4 is 6.15 Å². The van der Waals surface area contributed by atoms with Gasteiger partial charge in [-0.3, -0.25) is 0 Å². The lowest BCUT2D eigenvalue weighted by atomic mass is 10.2. The Balaban J connectivity index is -0.000000107. The maximum atomic E-state index is 8.52. The summed E-state index contributed by atoms with van der Waals surface area (Å²) in [5.41, 5.74) is -1.00. The minimum Gasteiger partial charge on any atom is -0.391 e. The van der Waals surface area contributed by atoms with E-state index in [2.05, 4.69) is 0 Å². The average Bonchev–Trinajstić information content (AvgIpc) is 1.12. The van der Waals surface area contributed by atoms with Gasteiger partial charge in [0.05, 0.1) is 11.2 Å². The van der Waals surface area contributed by atoms with Gasteiger partial charge < -0.3 is 16.4 Å². The highest BCUT2D eigenvalue weighted by molar-refractivity contribution is 4.51. The van der Waals surface area contributed by atoms with E-state index in [9.17, 15) is 0 Å². The zero-order valence-corrected chi connectivity index (χ0v) is 8.60. The lowest BCUT2D eigenvalue weighted by molar-refractivity contribution is 0.101. The Morgan fingerprint density at radius 2 is 0.636 bits per heavy atom. The van der Waals surface area contributed by atoms with E-state index in [-0.39, 0.29) is 6.15 Å². The molecular formula is C8H23NO2. The molecule has 0 unspecified atom stereocenters. The second kappa shape index (κ2) is 5.52. The molecule has 0 fully saturated rings. The molecule has 0 bridgehead atoms. The van der Waals surface area contributed by atoms with Gasteiger partial charge in [0.1, 0.15) is 0 Å². The molecule has 0 aromatic rings. The molecule has 0 heterocycles. The number of aliphatic hydroxyl groups is 2. The normalized spacial score (nSPS) is 10.9. The van der Waals surface area contributed by atoms with Gasteiger partial charge in [-0.2, -0.15) is 0 Å². The smallest absolute Gasteiger partial charge is 0.0563 e. The van der Waals surface area contributed by atoms with Crippen LogP contribution >= 0.6 is 0 Å². The van der Waals surface area contributed by atoms with Crippen LogP contribution in [0.25, 0.3) is 0 Å². The second-order valence-electron chi connectivity index (χ2n) is 4.34. The summed E-state index contributed by atoms with van der Waals surface area (Å²) in [4.78, 5) is 0. The topological polar surface area (TPSA) is 75.5 Å². The predicted octanol–water partition coefficient (Wildman–Crippen LogP) is 1.72. The fraction of sp³-hybridized carbons (Fsp3) is 1.00. The van der Waals surface area contributed by atoms with Gasteiger partial charge in [0.25, 0.3) is 0 Å². The molecule has 0 atom stereocenters. The quantitative estimate of drug-likeness (QED) is 0.511. The third-order valence-corrected chi connectivity index (χ3v) is 0. The second-order valence-corrected chi connectivity index (χ2v) is 4.34. The van der Waals surface area contributed by atoms with Crippen LogP contribution in [-0.4, -0.2) is 21.4 Å². The van der Waals surface area contributed by atoms with E-state index < -0.39 is 11.2 Å². The highest BCUT2D eigenvalue weighted by Gasteiger charge is 1.98. The standard InChI is InChI=1S/2C4H10O.H3N/c2*1-4(2,3)5;/h2*5H,1-3H3;1H3. The molecule has 0 aliphatic heterocycles. The van der Waals surface area contributed by atoms with Gasteiger partial charge >= 0.3 is 0 Å². The summed E-state index contributed by atoms with van der Waals surface area (Å²) >= 11 is 0. The maximum Gasteiger partial charge on any atom is 0.0563 e. The van der Waals surface area contributed by atoms with Crippen molar-refractivity contribution < 1.29 is 10.2 Å². The van der Waals surface area contributed by atoms with Crippen molar-refractivity contribution in [2.24, 2.45) is 0 Å². The molecule has 0 amide bonds. The van der Waals surface area contributed by atoms with Crippen LogP contribution in [0.4, 0.5) is 0 Å². The summed E-state index contributed by atoms with van der Waals surface area (Å²) in [6.07, 6.45) is 0. The van der Waals surface area contributed by atoms with Crippen LogP contribution in [0.3, 0.4) is 0 Å². The lowest BCUT2D eigenvalue weighted by Gasteiger charge is -2.04. The van der Waals surface area contributed by atoms with Crippen molar-refractivity contribution in [3.05, 3.63) is 0 Å². The molecular weight excluding hydrogens is 142 g/mol. The molecule has 0 rings (SSSR count). The highest BCUT2D eigenvalue weighted by atomic mass is 16.3. The average molecular weight is 165 g/mol. The summed E-state index contributed by atoms with van der Waals surface area (Å²) in [5, 5.41) is 17.0. The monoisotopic (exact) mass is 165 g/mol. The van der Waals surface area contributed by atoms with Crippen molar-refractivity contribution in [1.29, 1.82) is 0 Å². The van der Waals surface area contributed by atoms with Crippen LogP contribution in [0.15, 0.2) is 0 Å². The fourth-order valence-corrected chi connectivity index (χ4v) is 0. The van der Waals surface area contributed by atoms with Gasteiger partial charge in [-0.15, -0.1) is 0 Å². The maximum absolute atomic E-state index is 8.52. The first-order valence-corrected chi connectivity index (χ1v) is 3.45.